The summed E-state index contributed by atoms with van der Waals surface area (Å²) in [7, 11) is 1.89. The number of halogens is 1. The van der Waals surface area contributed by atoms with Crippen LogP contribution in [0.4, 0.5) is 0 Å². The minimum atomic E-state index is -0.188. The lowest BCUT2D eigenvalue weighted by molar-refractivity contribution is -0.131. The van der Waals surface area contributed by atoms with Gasteiger partial charge in [-0.3, -0.25) is 14.6 Å². The zero-order valence-corrected chi connectivity index (χ0v) is 20.3. The van der Waals surface area contributed by atoms with E-state index < -0.39 is 0 Å². The van der Waals surface area contributed by atoms with E-state index in [1.165, 1.54) is 0 Å². The van der Waals surface area contributed by atoms with E-state index in [4.69, 9.17) is 5.73 Å². The number of primary amides is 1. The minimum Gasteiger partial charge on any atom is -0.369 e. The Kier molecular flexibility index (Phi) is 14.3. The number of likely N-dealkylation sites (tertiary alicyclic amines) is 1. The molecule has 0 aromatic rings. The predicted molar refractivity (Wildman–Crippen MR) is 125 cm³/mol. The molecule has 1 atom stereocenters. The van der Waals surface area contributed by atoms with Crippen molar-refractivity contribution in [2.45, 2.75) is 40.0 Å². The highest BCUT2D eigenvalue weighted by Crippen LogP contribution is 2.15. The number of piperidine rings is 1. The molecule has 0 spiro atoms. The van der Waals surface area contributed by atoms with Crippen molar-refractivity contribution in [1.29, 1.82) is 0 Å². The highest BCUT2D eigenvalue weighted by atomic mass is 127. The molecule has 164 valence electrons. The number of guanidine groups is 1. The van der Waals surface area contributed by atoms with Crippen molar-refractivity contribution in [3.05, 3.63) is 0 Å². The molecule has 0 aliphatic carbocycles. The van der Waals surface area contributed by atoms with Crippen molar-refractivity contribution in [3.8, 4) is 0 Å². The number of nitrogens with zero attached hydrogens (tertiary/aromatic N) is 4. The summed E-state index contributed by atoms with van der Waals surface area (Å²) in [6.45, 7) is 11.9. The molecular formula is C19H39IN6O2. The molecule has 8 nitrogen and oxygen atoms in total. The van der Waals surface area contributed by atoms with Crippen LogP contribution in [0.2, 0.25) is 0 Å². The van der Waals surface area contributed by atoms with E-state index in [0.717, 1.165) is 64.5 Å². The first-order chi connectivity index (χ1) is 12.9. The second-order valence-corrected chi connectivity index (χ2v) is 7.05. The molecule has 28 heavy (non-hydrogen) atoms. The molecule has 1 saturated heterocycles. The van der Waals surface area contributed by atoms with Gasteiger partial charge in [0.15, 0.2) is 5.96 Å². The Hall–Kier alpha value is -1.10. The number of aliphatic imine (C=N–C) groups is 1. The zero-order chi connectivity index (χ0) is 20.2. The van der Waals surface area contributed by atoms with E-state index in [-0.39, 0.29) is 41.7 Å². The van der Waals surface area contributed by atoms with Gasteiger partial charge in [0.25, 0.3) is 0 Å². The number of carbonyl (C=O) groups excluding carboxylic acids is 2. The van der Waals surface area contributed by atoms with Crippen LogP contribution in [0.1, 0.15) is 40.0 Å². The van der Waals surface area contributed by atoms with Gasteiger partial charge in [-0.2, -0.15) is 0 Å². The summed E-state index contributed by atoms with van der Waals surface area (Å²) in [5.74, 6) is 0.661. The molecule has 1 aliphatic heterocycles. The van der Waals surface area contributed by atoms with Crippen molar-refractivity contribution in [2.75, 3.05) is 59.4 Å². The lowest BCUT2D eigenvalue weighted by Crippen LogP contribution is -2.45. The van der Waals surface area contributed by atoms with Gasteiger partial charge in [0, 0.05) is 39.8 Å². The molecule has 9 heteroatoms. The minimum absolute atomic E-state index is 0. The number of carbonyl (C=O) groups is 2. The Balaban J connectivity index is 0.00000729. The van der Waals surface area contributed by atoms with Crippen LogP contribution in [0.25, 0.3) is 0 Å². The first-order valence-electron chi connectivity index (χ1n) is 10.2. The molecule has 1 fully saturated rings. The third kappa shape index (κ3) is 9.40. The maximum absolute atomic E-state index is 12.3. The van der Waals surface area contributed by atoms with Crippen molar-refractivity contribution in [2.24, 2.45) is 16.6 Å². The topological polar surface area (TPSA) is 94.3 Å². The van der Waals surface area contributed by atoms with Crippen LogP contribution in [-0.2, 0) is 9.59 Å². The van der Waals surface area contributed by atoms with Gasteiger partial charge in [0.2, 0.25) is 11.8 Å². The van der Waals surface area contributed by atoms with Crippen molar-refractivity contribution in [1.82, 2.24) is 20.0 Å². The van der Waals surface area contributed by atoms with Crippen LogP contribution in [0.3, 0.4) is 0 Å². The van der Waals surface area contributed by atoms with E-state index in [2.05, 4.69) is 15.2 Å². The average molecular weight is 510 g/mol. The number of hydrogen-bond acceptors (Lipinski definition) is 4. The van der Waals surface area contributed by atoms with Gasteiger partial charge < -0.3 is 25.8 Å². The van der Waals surface area contributed by atoms with E-state index in [1.54, 1.807) is 0 Å². The Bertz CT molecular complexity index is 499. The number of likely N-dealkylation sites (N-methyl/N-ethyl adjacent to an activating group) is 2. The summed E-state index contributed by atoms with van der Waals surface area (Å²) in [5, 5.41) is 3.25. The average Bonchev–Trinajstić information content (AvgIpc) is 2.65. The predicted octanol–water partition coefficient (Wildman–Crippen LogP) is 0.958. The lowest BCUT2D eigenvalue weighted by Gasteiger charge is -2.31. The Morgan fingerprint density at radius 1 is 1.25 bits per heavy atom. The summed E-state index contributed by atoms with van der Waals surface area (Å²) in [6.07, 6.45) is 2.84. The molecule has 3 N–H and O–H groups in total. The number of hydrogen-bond donors (Lipinski definition) is 2. The second kappa shape index (κ2) is 14.8. The SMILES string of the molecule is CCNC(=NCCCN1CCCC(C(N)=O)C1)N(C)CC(=O)N(CC)CC.I. The third-order valence-corrected chi connectivity index (χ3v) is 4.99. The van der Waals surface area contributed by atoms with Gasteiger partial charge in [-0.1, -0.05) is 0 Å². The van der Waals surface area contributed by atoms with Crippen LogP contribution in [-0.4, -0.2) is 91.9 Å². The van der Waals surface area contributed by atoms with Gasteiger partial charge in [-0.25, -0.2) is 0 Å². The molecule has 1 unspecified atom stereocenters. The number of rotatable bonds is 10. The molecule has 0 aromatic carbocycles. The second-order valence-electron chi connectivity index (χ2n) is 7.05. The Morgan fingerprint density at radius 2 is 1.93 bits per heavy atom. The standard InChI is InChI=1S/C19H38N6O2.HI/c1-5-21-19(23(4)15-17(26)25(6-2)7-3)22-11-9-13-24-12-8-10-16(14-24)18(20)27;/h16H,5-15H2,1-4H3,(H2,20,27)(H,21,22);1H. The largest absolute Gasteiger partial charge is 0.369 e. The maximum Gasteiger partial charge on any atom is 0.242 e. The molecule has 0 saturated carbocycles. The van der Waals surface area contributed by atoms with Crippen LogP contribution >= 0.6 is 24.0 Å². The summed E-state index contributed by atoms with van der Waals surface area (Å²) in [6, 6.07) is 0. The third-order valence-electron chi connectivity index (χ3n) is 4.99. The number of nitrogens with one attached hydrogen (secondary N) is 1. The van der Waals surface area contributed by atoms with Gasteiger partial charge in [0.05, 0.1) is 12.5 Å². The summed E-state index contributed by atoms with van der Waals surface area (Å²) in [5.41, 5.74) is 5.44. The van der Waals surface area contributed by atoms with Crippen LogP contribution in [0, 0.1) is 5.92 Å². The lowest BCUT2D eigenvalue weighted by atomic mass is 9.97. The fourth-order valence-electron chi connectivity index (χ4n) is 3.39. The molecular weight excluding hydrogens is 471 g/mol. The normalized spacial score (nSPS) is 17.6. The van der Waals surface area contributed by atoms with Crippen molar-refractivity contribution >= 4 is 41.8 Å². The summed E-state index contributed by atoms with van der Waals surface area (Å²) < 4.78 is 0. The number of amides is 2. The Morgan fingerprint density at radius 3 is 2.50 bits per heavy atom. The maximum atomic E-state index is 12.3. The quantitative estimate of drug-likeness (QED) is 0.198. The first kappa shape index (κ1) is 26.9. The fraction of sp³-hybridized carbons (Fsp3) is 0.842. The highest BCUT2D eigenvalue weighted by molar-refractivity contribution is 14.0. The van der Waals surface area contributed by atoms with Gasteiger partial charge in [-0.15, -0.1) is 24.0 Å². The van der Waals surface area contributed by atoms with Crippen molar-refractivity contribution < 1.29 is 9.59 Å². The fourth-order valence-corrected chi connectivity index (χ4v) is 3.39. The van der Waals surface area contributed by atoms with Crippen molar-refractivity contribution in [3.63, 3.8) is 0 Å². The van der Waals surface area contributed by atoms with E-state index in [9.17, 15) is 9.59 Å². The molecule has 1 heterocycles. The zero-order valence-electron chi connectivity index (χ0n) is 17.9. The van der Waals surface area contributed by atoms with Crippen LogP contribution in [0.15, 0.2) is 4.99 Å². The molecule has 0 radical (unpaired) electrons. The van der Waals surface area contributed by atoms with E-state index in [0.29, 0.717) is 13.1 Å². The molecule has 0 aromatic heterocycles. The highest BCUT2D eigenvalue weighted by Gasteiger charge is 2.23. The Labute approximate surface area is 187 Å². The van der Waals surface area contributed by atoms with Gasteiger partial charge in [0.1, 0.15) is 0 Å². The molecule has 2 amide bonds. The van der Waals surface area contributed by atoms with E-state index >= 15 is 0 Å². The number of nitrogens with two attached hydrogens (primary N) is 1. The van der Waals surface area contributed by atoms with Crippen LogP contribution < -0.4 is 11.1 Å². The monoisotopic (exact) mass is 510 g/mol. The van der Waals surface area contributed by atoms with Crippen LogP contribution in [0.5, 0.6) is 0 Å². The van der Waals surface area contributed by atoms with Gasteiger partial charge >= 0.3 is 0 Å². The molecule has 1 rings (SSSR count). The molecule has 0 bridgehead atoms. The first-order valence-corrected chi connectivity index (χ1v) is 10.2. The summed E-state index contributed by atoms with van der Waals surface area (Å²) in [4.78, 5) is 34.3. The van der Waals surface area contributed by atoms with Gasteiger partial charge in [-0.05, 0) is 53.1 Å². The van der Waals surface area contributed by atoms with E-state index in [1.807, 2.05) is 37.6 Å². The molecule has 1 aliphatic rings. The smallest absolute Gasteiger partial charge is 0.242 e. The summed E-state index contributed by atoms with van der Waals surface area (Å²) >= 11 is 0.